The molecule has 0 unspecified atom stereocenters. The molecule has 0 radical (unpaired) electrons. The maximum absolute atomic E-state index is 12.0. The second-order valence-electron chi connectivity index (χ2n) is 3.76. The van der Waals surface area contributed by atoms with Gasteiger partial charge in [-0.2, -0.15) is 0 Å². The molecule has 0 spiro atoms. The Labute approximate surface area is 126 Å². The summed E-state index contributed by atoms with van der Waals surface area (Å²) in [4.78, 5) is 12.0. The molecule has 18 heavy (non-hydrogen) atoms. The normalized spacial score (nSPS) is 10.4. The van der Waals surface area contributed by atoms with Crippen LogP contribution in [-0.4, -0.2) is 5.91 Å². The van der Waals surface area contributed by atoms with Gasteiger partial charge in [-0.05, 0) is 62.5 Å². The maximum atomic E-state index is 12.0. The Kier molecular flexibility index (Phi) is 4.09. The standard InChI is InChI=1S/C12H10Br2N2OS/c1-6-2-3-7(4-9(6)15)16-12(17)8-5-10(13)18-11(8)14/h2-5H,15H2,1H3,(H,16,17). The van der Waals surface area contributed by atoms with Crippen molar-refractivity contribution in [2.45, 2.75) is 6.92 Å². The van der Waals surface area contributed by atoms with Gasteiger partial charge in [0.05, 0.1) is 13.1 Å². The van der Waals surface area contributed by atoms with Crippen LogP contribution in [0.5, 0.6) is 0 Å². The van der Waals surface area contributed by atoms with Crippen molar-refractivity contribution in [1.82, 2.24) is 0 Å². The van der Waals surface area contributed by atoms with Gasteiger partial charge in [-0.3, -0.25) is 4.79 Å². The first kappa shape index (κ1) is 13.6. The summed E-state index contributed by atoms with van der Waals surface area (Å²) in [5.41, 5.74) is 8.76. The lowest BCUT2D eigenvalue weighted by Gasteiger charge is -2.06. The van der Waals surface area contributed by atoms with Gasteiger partial charge >= 0.3 is 0 Å². The van der Waals surface area contributed by atoms with Crippen molar-refractivity contribution >= 4 is 60.5 Å². The molecular formula is C12H10Br2N2OS. The molecule has 1 heterocycles. The van der Waals surface area contributed by atoms with E-state index in [4.69, 9.17) is 5.73 Å². The summed E-state index contributed by atoms with van der Waals surface area (Å²) in [6.45, 7) is 1.92. The fraction of sp³-hybridized carbons (Fsp3) is 0.0833. The first-order chi connectivity index (χ1) is 8.47. The number of hydrogen-bond acceptors (Lipinski definition) is 3. The predicted octanol–water partition coefficient (Wildman–Crippen LogP) is 4.42. The van der Waals surface area contributed by atoms with Crippen molar-refractivity contribution in [1.29, 1.82) is 0 Å². The molecule has 6 heteroatoms. The Hall–Kier alpha value is -0.850. The highest BCUT2D eigenvalue weighted by atomic mass is 79.9. The molecule has 1 amide bonds. The van der Waals surface area contributed by atoms with E-state index in [1.165, 1.54) is 11.3 Å². The number of carbonyl (C=O) groups excluding carboxylic acids is 1. The molecule has 0 saturated carbocycles. The minimum Gasteiger partial charge on any atom is -0.398 e. The van der Waals surface area contributed by atoms with E-state index in [0.717, 1.165) is 13.1 Å². The van der Waals surface area contributed by atoms with Crippen molar-refractivity contribution in [3.05, 3.63) is 43.0 Å². The Morgan fingerprint density at radius 1 is 1.33 bits per heavy atom. The van der Waals surface area contributed by atoms with Gasteiger partial charge in [-0.25, -0.2) is 0 Å². The first-order valence-electron chi connectivity index (χ1n) is 5.09. The summed E-state index contributed by atoms with van der Waals surface area (Å²) in [5.74, 6) is -0.160. The summed E-state index contributed by atoms with van der Waals surface area (Å²) in [6, 6.07) is 7.24. The zero-order chi connectivity index (χ0) is 13.3. The molecule has 0 aliphatic rings. The van der Waals surface area contributed by atoms with Crippen molar-refractivity contribution in [3.8, 4) is 0 Å². The smallest absolute Gasteiger partial charge is 0.257 e. The number of halogens is 2. The molecular weight excluding hydrogens is 380 g/mol. The molecule has 1 aromatic heterocycles. The largest absolute Gasteiger partial charge is 0.398 e. The molecule has 3 nitrogen and oxygen atoms in total. The number of nitrogens with one attached hydrogen (secondary N) is 1. The second-order valence-corrected chi connectivity index (χ2v) is 7.51. The Balaban J connectivity index is 2.21. The highest BCUT2D eigenvalue weighted by Gasteiger charge is 2.13. The summed E-state index contributed by atoms with van der Waals surface area (Å²) < 4.78 is 1.70. The van der Waals surface area contributed by atoms with E-state index < -0.39 is 0 Å². The third-order valence-corrected chi connectivity index (χ3v) is 4.78. The first-order valence-corrected chi connectivity index (χ1v) is 7.50. The fourth-order valence-electron chi connectivity index (χ4n) is 1.41. The highest BCUT2D eigenvalue weighted by Crippen LogP contribution is 2.32. The van der Waals surface area contributed by atoms with Crippen molar-refractivity contribution in [2.24, 2.45) is 0 Å². The number of benzene rings is 1. The van der Waals surface area contributed by atoms with Crippen molar-refractivity contribution in [3.63, 3.8) is 0 Å². The number of aryl methyl sites for hydroxylation is 1. The second kappa shape index (κ2) is 5.42. The lowest BCUT2D eigenvalue weighted by molar-refractivity contribution is 0.102. The highest BCUT2D eigenvalue weighted by molar-refractivity contribution is 9.12. The van der Waals surface area contributed by atoms with Crippen LogP contribution >= 0.6 is 43.2 Å². The number of hydrogen-bond donors (Lipinski definition) is 2. The molecule has 0 aliphatic heterocycles. The average molecular weight is 390 g/mol. The van der Waals surface area contributed by atoms with Crippen LogP contribution in [0.3, 0.4) is 0 Å². The van der Waals surface area contributed by atoms with Gasteiger partial charge in [0.1, 0.15) is 0 Å². The molecule has 3 N–H and O–H groups in total. The van der Waals surface area contributed by atoms with E-state index >= 15 is 0 Å². The van der Waals surface area contributed by atoms with Gasteiger partial charge < -0.3 is 11.1 Å². The van der Waals surface area contributed by atoms with Crippen LogP contribution in [0.25, 0.3) is 0 Å². The van der Waals surface area contributed by atoms with E-state index in [-0.39, 0.29) is 5.91 Å². The van der Waals surface area contributed by atoms with E-state index in [0.29, 0.717) is 16.9 Å². The van der Waals surface area contributed by atoms with E-state index in [1.807, 2.05) is 19.1 Å². The molecule has 2 aromatic rings. The molecule has 94 valence electrons. The number of amides is 1. The minimum atomic E-state index is -0.160. The van der Waals surface area contributed by atoms with Gasteiger partial charge in [-0.1, -0.05) is 6.07 Å². The molecule has 1 aromatic carbocycles. The van der Waals surface area contributed by atoms with Crippen LogP contribution in [0.15, 0.2) is 31.8 Å². The number of nitrogen functional groups attached to an aromatic ring is 1. The van der Waals surface area contributed by atoms with Crippen LogP contribution in [0.1, 0.15) is 15.9 Å². The monoisotopic (exact) mass is 388 g/mol. The van der Waals surface area contributed by atoms with Crippen LogP contribution in [0, 0.1) is 6.92 Å². The van der Waals surface area contributed by atoms with Gasteiger partial charge in [0.2, 0.25) is 0 Å². The summed E-state index contributed by atoms with van der Waals surface area (Å²) in [5, 5.41) is 2.82. The van der Waals surface area contributed by atoms with E-state index in [9.17, 15) is 4.79 Å². The van der Waals surface area contributed by atoms with Crippen LogP contribution in [0.4, 0.5) is 11.4 Å². The third-order valence-electron chi connectivity index (χ3n) is 2.44. The number of carbonyl (C=O) groups is 1. The summed E-state index contributed by atoms with van der Waals surface area (Å²) in [6.07, 6.45) is 0. The Morgan fingerprint density at radius 2 is 2.06 bits per heavy atom. The summed E-state index contributed by atoms with van der Waals surface area (Å²) in [7, 11) is 0. The quantitative estimate of drug-likeness (QED) is 0.747. The minimum absolute atomic E-state index is 0.160. The van der Waals surface area contributed by atoms with Crippen LogP contribution < -0.4 is 11.1 Å². The molecule has 2 rings (SSSR count). The third kappa shape index (κ3) is 2.93. The van der Waals surface area contributed by atoms with Gasteiger partial charge in [0.15, 0.2) is 0 Å². The Bertz CT molecular complexity index is 610. The zero-order valence-electron chi connectivity index (χ0n) is 9.46. The number of nitrogens with two attached hydrogens (primary N) is 1. The summed E-state index contributed by atoms with van der Waals surface area (Å²) >= 11 is 8.17. The molecule has 0 bridgehead atoms. The lowest BCUT2D eigenvalue weighted by atomic mass is 10.2. The molecule has 0 atom stereocenters. The predicted molar refractivity (Wildman–Crippen MR) is 83.3 cm³/mol. The Morgan fingerprint density at radius 3 is 2.61 bits per heavy atom. The number of rotatable bonds is 2. The van der Waals surface area contributed by atoms with Gasteiger partial charge in [0, 0.05) is 11.4 Å². The number of anilines is 2. The fourth-order valence-corrected chi connectivity index (χ4v) is 4.21. The molecule has 0 fully saturated rings. The maximum Gasteiger partial charge on any atom is 0.257 e. The topological polar surface area (TPSA) is 55.1 Å². The van der Waals surface area contributed by atoms with Gasteiger partial charge in [0.25, 0.3) is 5.91 Å². The zero-order valence-corrected chi connectivity index (χ0v) is 13.4. The van der Waals surface area contributed by atoms with Crippen LogP contribution in [-0.2, 0) is 0 Å². The van der Waals surface area contributed by atoms with Crippen molar-refractivity contribution < 1.29 is 4.79 Å². The van der Waals surface area contributed by atoms with E-state index in [1.54, 1.807) is 12.1 Å². The van der Waals surface area contributed by atoms with Crippen LogP contribution in [0.2, 0.25) is 0 Å². The van der Waals surface area contributed by atoms with E-state index in [2.05, 4.69) is 37.2 Å². The molecule has 0 aliphatic carbocycles. The average Bonchev–Trinajstić information content (AvgIpc) is 2.63. The van der Waals surface area contributed by atoms with Gasteiger partial charge in [-0.15, -0.1) is 11.3 Å². The lowest BCUT2D eigenvalue weighted by Crippen LogP contribution is -2.11. The SMILES string of the molecule is Cc1ccc(NC(=O)c2cc(Br)sc2Br)cc1N. The molecule has 0 saturated heterocycles. The number of thiophene rings is 1. The van der Waals surface area contributed by atoms with Crippen molar-refractivity contribution in [2.75, 3.05) is 11.1 Å².